The Labute approximate surface area is 144 Å². The number of imidazole rings is 1. The van der Waals surface area contributed by atoms with Crippen LogP contribution in [0.5, 0.6) is 0 Å². The highest BCUT2D eigenvalue weighted by molar-refractivity contribution is 6.06. The van der Waals surface area contributed by atoms with Gasteiger partial charge in [0.25, 0.3) is 5.91 Å². The van der Waals surface area contributed by atoms with Gasteiger partial charge in [-0.3, -0.25) is 4.79 Å². The largest absolute Gasteiger partial charge is 0.345 e. The molecule has 128 valence electrons. The molecule has 0 fully saturated rings. The Morgan fingerprint density at radius 3 is 2.36 bits per heavy atom. The summed E-state index contributed by atoms with van der Waals surface area (Å²) in [5, 5.41) is 8.30. The van der Waals surface area contributed by atoms with Crippen molar-refractivity contribution in [2.45, 2.75) is 19.9 Å². The highest BCUT2D eigenvalue weighted by atomic mass is 16.2. The van der Waals surface area contributed by atoms with Crippen molar-refractivity contribution >= 4 is 34.3 Å². The molecule has 3 aromatic rings. The molecule has 0 spiro atoms. The zero-order chi connectivity index (χ0) is 17.8. The molecule has 0 radical (unpaired) electrons. The number of carbonyl (C=O) groups excluding carboxylic acids is 2. The van der Waals surface area contributed by atoms with Crippen LogP contribution in [0.4, 0.5) is 16.2 Å². The molecule has 0 saturated carbocycles. The number of fused-ring (bicyclic) bond motifs is 1. The van der Waals surface area contributed by atoms with Crippen LogP contribution in [0.25, 0.3) is 11.0 Å². The lowest BCUT2D eigenvalue weighted by molar-refractivity contribution is 0.102. The summed E-state index contributed by atoms with van der Waals surface area (Å²) in [5.74, 6) is -0.213. The van der Waals surface area contributed by atoms with Gasteiger partial charge in [-0.1, -0.05) is 0 Å². The van der Waals surface area contributed by atoms with Crippen molar-refractivity contribution in [3.05, 3.63) is 54.4 Å². The lowest BCUT2D eigenvalue weighted by atomic mass is 10.2. The van der Waals surface area contributed by atoms with E-state index in [2.05, 4.69) is 25.9 Å². The highest BCUT2D eigenvalue weighted by Gasteiger charge is 2.08. The van der Waals surface area contributed by atoms with Gasteiger partial charge in [0.2, 0.25) is 0 Å². The van der Waals surface area contributed by atoms with Crippen molar-refractivity contribution in [2.75, 3.05) is 10.6 Å². The average Bonchev–Trinajstić information content (AvgIpc) is 3.03. The van der Waals surface area contributed by atoms with Gasteiger partial charge in [0.15, 0.2) is 0 Å². The molecule has 25 heavy (non-hydrogen) atoms. The van der Waals surface area contributed by atoms with Crippen molar-refractivity contribution in [1.82, 2.24) is 15.3 Å². The third kappa shape index (κ3) is 4.14. The quantitative estimate of drug-likeness (QED) is 0.587. The first-order valence-corrected chi connectivity index (χ1v) is 7.93. The second kappa shape index (κ2) is 7.04. The lowest BCUT2D eigenvalue weighted by Crippen LogP contribution is -2.34. The molecule has 0 unspecified atom stereocenters. The van der Waals surface area contributed by atoms with Crippen LogP contribution < -0.4 is 16.0 Å². The minimum Gasteiger partial charge on any atom is -0.345 e. The topological polar surface area (TPSA) is 98.9 Å². The van der Waals surface area contributed by atoms with Gasteiger partial charge in [0.1, 0.15) is 0 Å². The van der Waals surface area contributed by atoms with Crippen LogP contribution in [0.3, 0.4) is 0 Å². The molecule has 4 N–H and O–H groups in total. The summed E-state index contributed by atoms with van der Waals surface area (Å²) >= 11 is 0. The van der Waals surface area contributed by atoms with E-state index in [4.69, 9.17) is 0 Å². The summed E-state index contributed by atoms with van der Waals surface area (Å²) in [6.45, 7) is 3.78. The summed E-state index contributed by atoms with van der Waals surface area (Å²) in [7, 11) is 0. The van der Waals surface area contributed by atoms with Gasteiger partial charge in [-0.2, -0.15) is 0 Å². The molecule has 0 aliphatic rings. The Morgan fingerprint density at radius 2 is 1.68 bits per heavy atom. The molecule has 2 aromatic carbocycles. The monoisotopic (exact) mass is 337 g/mol. The van der Waals surface area contributed by atoms with Crippen LogP contribution in [-0.4, -0.2) is 27.9 Å². The third-order valence-electron chi connectivity index (χ3n) is 3.50. The van der Waals surface area contributed by atoms with E-state index in [1.807, 2.05) is 13.8 Å². The van der Waals surface area contributed by atoms with E-state index >= 15 is 0 Å². The maximum absolute atomic E-state index is 12.3. The third-order valence-corrected chi connectivity index (χ3v) is 3.50. The smallest absolute Gasteiger partial charge is 0.319 e. The fourth-order valence-electron chi connectivity index (χ4n) is 2.35. The van der Waals surface area contributed by atoms with Gasteiger partial charge in [0, 0.05) is 23.0 Å². The van der Waals surface area contributed by atoms with Crippen LogP contribution in [0.15, 0.2) is 48.8 Å². The van der Waals surface area contributed by atoms with E-state index in [9.17, 15) is 9.59 Å². The van der Waals surface area contributed by atoms with Gasteiger partial charge in [0.05, 0.1) is 17.4 Å². The van der Waals surface area contributed by atoms with Gasteiger partial charge >= 0.3 is 6.03 Å². The lowest BCUT2D eigenvalue weighted by Gasteiger charge is -2.11. The fraction of sp³-hybridized carbons (Fsp3) is 0.167. The van der Waals surface area contributed by atoms with E-state index in [1.54, 1.807) is 48.8 Å². The highest BCUT2D eigenvalue weighted by Crippen LogP contribution is 2.16. The second-order valence-electron chi connectivity index (χ2n) is 5.92. The van der Waals surface area contributed by atoms with Gasteiger partial charge < -0.3 is 20.9 Å². The van der Waals surface area contributed by atoms with E-state index in [-0.39, 0.29) is 18.0 Å². The maximum atomic E-state index is 12.3. The van der Waals surface area contributed by atoms with E-state index in [1.165, 1.54) is 0 Å². The molecule has 0 atom stereocenters. The number of anilines is 2. The first-order valence-electron chi connectivity index (χ1n) is 7.93. The van der Waals surface area contributed by atoms with Gasteiger partial charge in [-0.05, 0) is 56.3 Å². The zero-order valence-electron chi connectivity index (χ0n) is 14.0. The normalized spacial score (nSPS) is 10.7. The Morgan fingerprint density at radius 1 is 1.00 bits per heavy atom. The number of aromatic amines is 1. The molecule has 3 amide bonds. The standard InChI is InChI=1S/C18H19N5O2/c1-11(2)21-18(25)23-14-6-4-13(5-7-14)22-17(24)12-3-8-15-16(9-12)20-10-19-15/h3-11H,1-2H3,(H,19,20)(H,22,24)(H2,21,23,25). The Bertz CT molecular complexity index is 899. The molecule has 1 aromatic heterocycles. The first kappa shape index (κ1) is 16.5. The number of nitrogens with one attached hydrogen (secondary N) is 4. The summed E-state index contributed by atoms with van der Waals surface area (Å²) in [5.41, 5.74) is 3.45. The SMILES string of the molecule is CC(C)NC(=O)Nc1ccc(NC(=O)c2ccc3nc[nH]c3c2)cc1. The van der Waals surface area contributed by atoms with Gasteiger partial charge in [-0.15, -0.1) is 0 Å². The van der Waals surface area contributed by atoms with Crippen LogP contribution in [0.2, 0.25) is 0 Å². The zero-order valence-corrected chi connectivity index (χ0v) is 14.0. The molecule has 0 bridgehead atoms. The van der Waals surface area contributed by atoms with Crippen molar-refractivity contribution in [3.8, 4) is 0 Å². The number of amides is 3. The molecular weight excluding hydrogens is 318 g/mol. The minimum atomic E-state index is -0.264. The van der Waals surface area contributed by atoms with Crippen LogP contribution in [-0.2, 0) is 0 Å². The number of hydrogen-bond donors (Lipinski definition) is 4. The van der Waals surface area contributed by atoms with Crippen molar-refractivity contribution in [3.63, 3.8) is 0 Å². The summed E-state index contributed by atoms with van der Waals surface area (Å²) in [4.78, 5) is 31.1. The van der Waals surface area contributed by atoms with Crippen LogP contribution in [0, 0.1) is 0 Å². The van der Waals surface area contributed by atoms with Gasteiger partial charge in [-0.25, -0.2) is 9.78 Å². The number of carbonyl (C=O) groups is 2. The molecule has 7 heteroatoms. The molecule has 0 aliphatic carbocycles. The predicted octanol–water partition coefficient (Wildman–Crippen LogP) is 3.35. The number of H-pyrrole nitrogens is 1. The van der Waals surface area contributed by atoms with Crippen LogP contribution in [0.1, 0.15) is 24.2 Å². The van der Waals surface area contributed by atoms with Crippen molar-refractivity contribution in [1.29, 1.82) is 0 Å². The molecule has 0 aliphatic heterocycles. The number of benzene rings is 2. The molecule has 0 saturated heterocycles. The van der Waals surface area contributed by atoms with E-state index in [0.717, 1.165) is 11.0 Å². The number of hydrogen-bond acceptors (Lipinski definition) is 3. The summed E-state index contributed by atoms with van der Waals surface area (Å²) < 4.78 is 0. The van der Waals surface area contributed by atoms with Crippen LogP contribution >= 0.6 is 0 Å². The summed E-state index contributed by atoms with van der Waals surface area (Å²) in [6, 6.07) is 12.0. The molecular formula is C18H19N5O2. The second-order valence-corrected chi connectivity index (χ2v) is 5.92. The average molecular weight is 337 g/mol. The number of urea groups is 1. The maximum Gasteiger partial charge on any atom is 0.319 e. The Kier molecular flexibility index (Phi) is 4.65. The summed E-state index contributed by atoms with van der Waals surface area (Å²) in [6.07, 6.45) is 1.59. The predicted molar refractivity (Wildman–Crippen MR) is 97.8 cm³/mol. The Hall–Kier alpha value is -3.35. The number of rotatable bonds is 4. The Balaban J connectivity index is 1.64. The first-order chi connectivity index (χ1) is 12.0. The molecule has 1 heterocycles. The number of aromatic nitrogens is 2. The van der Waals surface area contributed by atoms with Crippen molar-refractivity contribution < 1.29 is 9.59 Å². The molecule has 3 rings (SSSR count). The number of nitrogens with zero attached hydrogens (tertiary/aromatic N) is 1. The molecule has 7 nitrogen and oxygen atoms in total. The van der Waals surface area contributed by atoms with Crippen molar-refractivity contribution in [2.24, 2.45) is 0 Å². The van der Waals surface area contributed by atoms with E-state index < -0.39 is 0 Å². The fourth-order valence-corrected chi connectivity index (χ4v) is 2.35. The van der Waals surface area contributed by atoms with E-state index in [0.29, 0.717) is 16.9 Å². The minimum absolute atomic E-state index is 0.0609.